The number of carbonyl (C=O) groups excluding carboxylic acids is 2. The van der Waals surface area contributed by atoms with Crippen LogP contribution in [0.15, 0.2) is 60.7 Å². The molecule has 0 amide bonds. The van der Waals surface area contributed by atoms with Crippen LogP contribution in [0.1, 0.15) is 264 Å². The van der Waals surface area contributed by atoms with Crippen LogP contribution >= 0.6 is 0 Å². The lowest BCUT2D eigenvalue weighted by atomic mass is 9.80. The van der Waals surface area contributed by atoms with Crippen LogP contribution < -0.4 is 10.2 Å². The average Bonchev–Trinajstić information content (AvgIpc) is 3.35. The van der Waals surface area contributed by atoms with E-state index in [1.165, 1.54) is 204 Å². The summed E-state index contributed by atoms with van der Waals surface area (Å²) in [5, 5.41) is 22.3. The lowest BCUT2D eigenvalue weighted by Gasteiger charge is -2.39. The first-order chi connectivity index (χ1) is 35.3. The number of rotatable bonds is 45. The van der Waals surface area contributed by atoms with E-state index in [2.05, 4.69) is 103 Å². The van der Waals surface area contributed by atoms with Gasteiger partial charge in [0.1, 0.15) is 17.8 Å². The number of carbonyl (C=O) groups is 2. The predicted octanol–water partition coefficient (Wildman–Crippen LogP) is 15.2. The molecule has 0 aliphatic rings. The Balaban J connectivity index is 0.00000109. The van der Waals surface area contributed by atoms with E-state index < -0.39 is 39.1 Å². The van der Waals surface area contributed by atoms with Crippen molar-refractivity contribution in [2.75, 3.05) is 41.3 Å². The summed E-state index contributed by atoms with van der Waals surface area (Å²) in [6.45, 7) is 15.0. The minimum atomic E-state index is -5.18. The Morgan fingerprint density at radius 2 is 0.770 bits per heavy atom. The van der Waals surface area contributed by atoms with Gasteiger partial charge in [-0.1, -0.05) is 275 Å². The Morgan fingerprint density at radius 3 is 1.01 bits per heavy atom. The summed E-state index contributed by atoms with van der Waals surface area (Å²) in [6.07, 6.45) is 41.5. The monoisotopic (exact) mass is 1060 g/mol. The fourth-order valence-electron chi connectivity index (χ4n) is 10.7. The summed E-state index contributed by atoms with van der Waals surface area (Å²) in [4.78, 5) is 22.3. The van der Waals surface area contributed by atoms with E-state index in [0.717, 1.165) is 34.9 Å². The van der Waals surface area contributed by atoms with Crippen LogP contribution in [0.3, 0.4) is 0 Å². The van der Waals surface area contributed by atoms with Gasteiger partial charge in [0.15, 0.2) is 0 Å². The topological polar surface area (TPSA) is 135 Å². The van der Waals surface area contributed by atoms with Gasteiger partial charge in [0.25, 0.3) is 10.1 Å². The highest BCUT2D eigenvalue weighted by molar-refractivity contribution is 7.88. The van der Waals surface area contributed by atoms with Gasteiger partial charge >= 0.3 is 0 Å². The maximum absolute atomic E-state index is 11.7. The lowest BCUT2D eigenvalue weighted by Crippen LogP contribution is -2.60. The first-order valence-corrected chi connectivity index (χ1v) is 31.9. The summed E-state index contributed by atoms with van der Waals surface area (Å²) in [5.41, 5.74) is 2.92. The summed E-state index contributed by atoms with van der Waals surface area (Å²) >= 11 is 0. The van der Waals surface area contributed by atoms with Crippen LogP contribution in [0.5, 0.6) is 0 Å². The van der Waals surface area contributed by atoms with Crippen molar-refractivity contribution < 1.29 is 41.7 Å². The van der Waals surface area contributed by atoms with Crippen molar-refractivity contribution in [2.24, 2.45) is 11.8 Å². The van der Waals surface area contributed by atoms with E-state index in [-0.39, 0.29) is 18.8 Å². The molecule has 0 fully saturated rings. The zero-order chi connectivity index (χ0) is 55.4. The third-order valence-electron chi connectivity index (χ3n) is 15.6. The zero-order valence-corrected chi connectivity index (χ0v) is 50.3. The molecule has 2 aromatic rings. The molecular formula is C64H116N2O7S. The van der Waals surface area contributed by atoms with Crippen molar-refractivity contribution in [1.82, 2.24) is 0 Å². The van der Waals surface area contributed by atoms with E-state index in [0.29, 0.717) is 6.42 Å². The highest BCUT2D eigenvalue weighted by atomic mass is 32.2. The first kappa shape index (κ1) is 71.2. The normalized spacial score (nSPS) is 13.1. The van der Waals surface area contributed by atoms with Crippen molar-refractivity contribution in [1.29, 1.82) is 0 Å². The number of aliphatic carboxylic acids is 2. The Bertz CT molecular complexity index is 1640. The minimum absolute atomic E-state index is 0.0845. The lowest BCUT2D eigenvalue weighted by molar-refractivity contribution is -0.903. The van der Waals surface area contributed by atoms with E-state index in [4.69, 9.17) is 0 Å². The molecule has 10 heteroatoms. The summed E-state index contributed by atoms with van der Waals surface area (Å²) in [5.74, 6) is -4.75. The molecule has 2 atom stereocenters. The SMILES string of the molecule is CCC(CC)CCC(CC)C(CC(=O)[O-])(C(=O)[O-])S(=O)(=O)O.CCCCCCCCCCCCCCCC[N+](C)(C)Cc1ccccc1.CCCCCCCCCCCCCCCC[N+](C)(C)Cc1ccccc1. The van der Waals surface area contributed by atoms with E-state index >= 15 is 0 Å². The Hall–Kier alpha value is -2.79. The van der Waals surface area contributed by atoms with Crippen molar-refractivity contribution in [3.05, 3.63) is 71.8 Å². The molecule has 0 aliphatic carbocycles. The number of nitrogens with zero attached hydrogens (tertiary/aromatic N) is 2. The molecule has 2 rings (SSSR count). The van der Waals surface area contributed by atoms with E-state index in [1.807, 2.05) is 13.8 Å². The van der Waals surface area contributed by atoms with Crippen LogP contribution in [0, 0.1) is 11.8 Å². The smallest absolute Gasteiger partial charge is 0.276 e. The fourth-order valence-corrected chi connectivity index (χ4v) is 11.9. The second-order valence-corrected chi connectivity index (χ2v) is 25.0. The maximum Gasteiger partial charge on any atom is 0.276 e. The van der Waals surface area contributed by atoms with E-state index in [9.17, 15) is 32.8 Å². The van der Waals surface area contributed by atoms with Crippen LogP contribution in [-0.2, 0) is 32.8 Å². The number of carboxylic acids is 2. The molecule has 0 spiro atoms. The molecule has 9 nitrogen and oxygen atoms in total. The largest absolute Gasteiger partial charge is 0.550 e. The fraction of sp³-hybridized carbons (Fsp3) is 0.781. The maximum atomic E-state index is 11.7. The number of hydrogen-bond acceptors (Lipinski definition) is 6. The van der Waals surface area contributed by atoms with Crippen LogP contribution in [0.4, 0.5) is 0 Å². The van der Waals surface area contributed by atoms with Crippen molar-refractivity contribution >= 4 is 22.1 Å². The number of carboxylic acid groups (broad SMARTS) is 2. The van der Waals surface area contributed by atoms with Crippen LogP contribution in [0.25, 0.3) is 0 Å². The van der Waals surface area contributed by atoms with Crippen LogP contribution in [0.2, 0.25) is 0 Å². The molecule has 1 N–H and O–H groups in total. The van der Waals surface area contributed by atoms with Gasteiger partial charge in [0.2, 0.25) is 0 Å². The summed E-state index contributed by atoms with van der Waals surface area (Å²) < 4.78 is 32.1. The molecule has 430 valence electrons. The van der Waals surface area contributed by atoms with E-state index in [1.54, 1.807) is 6.92 Å². The van der Waals surface area contributed by atoms with Crippen molar-refractivity contribution in [2.45, 2.75) is 271 Å². The van der Waals surface area contributed by atoms with Gasteiger partial charge in [-0.05, 0) is 43.9 Å². The van der Waals surface area contributed by atoms with Gasteiger partial charge in [-0.15, -0.1) is 0 Å². The van der Waals surface area contributed by atoms with Crippen molar-refractivity contribution in [3.8, 4) is 0 Å². The Kier molecular flexibility index (Phi) is 42.6. The molecule has 0 aromatic heterocycles. The van der Waals surface area contributed by atoms with Gasteiger partial charge in [-0.3, -0.25) is 4.55 Å². The van der Waals surface area contributed by atoms with Gasteiger partial charge < -0.3 is 28.8 Å². The second-order valence-electron chi connectivity index (χ2n) is 23.4. The van der Waals surface area contributed by atoms with Gasteiger partial charge in [-0.2, -0.15) is 8.42 Å². The zero-order valence-electron chi connectivity index (χ0n) is 49.5. The molecule has 2 unspecified atom stereocenters. The Morgan fingerprint density at radius 1 is 0.473 bits per heavy atom. The molecule has 0 aliphatic heterocycles. The first-order valence-electron chi connectivity index (χ1n) is 30.4. The highest BCUT2D eigenvalue weighted by Crippen LogP contribution is 2.37. The minimum Gasteiger partial charge on any atom is -0.550 e. The summed E-state index contributed by atoms with van der Waals surface area (Å²) in [6, 6.07) is 21.9. The molecule has 0 bridgehead atoms. The van der Waals surface area contributed by atoms with Gasteiger partial charge in [-0.25, -0.2) is 0 Å². The number of benzene rings is 2. The predicted molar refractivity (Wildman–Crippen MR) is 311 cm³/mol. The molecule has 0 saturated carbocycles. The van der Waals surface area contributed by atoms with Gasteiger partial charge in [0, 0.05) is 23.5 Å². The second kappa shape index (κ2) is 44.2. The highest BCUT2D eigenvalue weighted by Gasteiger charge is 2.50. The third kappa shape index (κ3) is 36.3. The molecule has 74 heavy (non-hydrogen) atoms. The standard InChI is InChI=1S/2C25H46N.C14H26O7S/c2*1-4-5-6-7-8-9-10-11-12-13-14-15-16-20-23-26(2,3)24-25-21-18-17-19-22-25;1-4-10(5-2)7-8-11(6-3)14(13(17)18,9-12(15)16)22(19,20)21/h2*17-19,21-22H,4-16,20,23-24H2,1-3H3;10-11H,4-9H2,1-3H3,(H,15,16)(H,17,18)(H,19,20,21)/q2*+1;/p-2. The molecule has 0 radical (unpaired) electrons. The Labute approximate surface area is 457 Å². The van der Waals surface area contributed by atoms with Crippen LogP contribution in [-0.4, -0.2) is 79.9 Å². The number of unbranched alkanes of at least 4 members (excludes halogenated alkanes) is 26. The molecule has 2 aromatic carbocycles. The van der Waals surface area contributed by atoms with Gasteiger partial charge in [0.05, 0.1) is 47.2 Å². The molecular weight excluding hydrogens is 941 g/mol. The van der Waals surface area contributed by atoms with Crippen molar-refractivity contribution in [3.63, 3.8) is 0 Å². The molecule has 0 saturated heterocycles. The average molecular weight is 1060 g/mol. The quantitative estimate of drug-likeness (QED) is 0.0396. The third-order valence-corrected chi connectivity index (χ3v) is 17.1. The number of hydrogen-bond donors (Lipinski definition) is 1. The number of quaternary nitrogens is 2. The molecule has 0 heterocycles. The summed E-state index contributed by atoms with van der Waals surface area (Å²) in [7, 11) is 4.30.